The van der Waals surface area contributed by atoms with E-state index in [2.05, 4.69) is 13.8 Å². The minimum absolute atomic E-state index is 0.0761. The maximum atomic E-state index is 12.7. The number of likely N-dealkylation sites (tertiary alicyclic amines) is 1. The first-order valence-corrected chi connectivity index (χ1v) is 8.70. The van der Waals surface area contributed by atoms with Gasteiger partial charge in [0.05, 0.1) is 6.54 Å². The molecule has 0 aliphatic carbocycles. The quantitative estimate of drug-likeness (QED) is 0.748. The van der Waals surface area contributed by atoms with E-state index in [4.69, 9.17) is 5.11 Å². The Balaban J connectivity index is 2.54. The van der Waals surface area contributed by atoms with Crippen molar-refractivity contribution >= 4 is 11.9 Å². The van der Waals surface area contributed by atoms with Crippen LogP contribution >= 0.6 is 0 Å². The molecule has 22 heavy (non-hydrogen) atoms. The summed E-state index contributed by atoms with van der Waals surface area (Å²) in [6.45, 7) is 5.91. The Morgan fingerprint density at radius 1 is 1.27 bits per heavy atom. The zero-order valence-electron chi connectivity index (χ0n) is 14.4. The van der Waals surface area contributed by atoms with E-state index < -0.39 is 5.97 Å². The van der Waals surface area contributed by atoms with Crippen molar-refractivity contribution in [3.8, 4) is 0 Å². The fraction of sp³-hybridized carbons (Fsp3) is 0.882. The predicted octanol–water partition coefficient (Wildman–Crippen LogP) is 2.60. The minimum atomic E-state index is -0.787. The Morgan fingerprint density at radius 3 is 2.59 bits per heavy atom. The zero-order chi connectivity index (χ0) is 16.5. The number of rotatable bonds is 8. The minimum Gasteiger partial charge on any atom is -0.480 e. The predicted molar refractivity (Wildman–Crippen MR) is 87.8 cm³/mol. The van der Waals surface area contributed by atoms with E-state index in [0.29, 0.717) is 5.91 Å². The summed E-state index contributed by atoms with van der Waals surface area (Å²) in [4.78, 5) is 27.4. The molecule has 5 nitrogen and oxygen atoms in total. The number of unbranched alkanes of at least 4 members (excludes halogenated alkanes) is 1. The van der Waals surface area contributed by atoms with Gasteiger partial charge in [-0.1, -0.05) is 26.7 Å². The molecule has 5 heteroatoms. The van der Waals surface area contributed by atoms with E-state index in [-0.39, 0.29) is 18.5 Å². The number of carbonyl (C=O) groups is 2. The van der Waals surface area contributed by atoms with Crippen molar-refractivity contribution in [2.24, 2.45) is 5.92 Å². The largest absolute Gasteiger partial charge is 0.480 e. The molecule has 1 aliphatic rings. The number of likely N-dealkylation sites (N-methyl/N-ethyl adjacent to an activating group) is 1. The van der Waals surface area contributed by atoms with Gasteiger partial charge in [0, 0.05) is 25.0 Å². The molecule has 0 bridgehead atoms. The molecule has 2 atom stereocenters. The number of carboxylic acids is 1. The monoisotopic (exact) mass is 312 g/mol. The third-order valence-electron chi connectivity index (χ3n) is 4.77. The van der Waals surface area contributed by atoms with E-state index in [1.165, 1.54) is 0 Å². The van der Waals surface area contributed by atoms with Gasteiger partial charge in [0.1, 0.15) is 0 Å². The Kier molecular flexibility index (Phi) is 8.46. The SMILES string of the molecule is CCCCC(CC)C(=O)N1CCCC(N(C)CC(=O)O)CC1. The summed E-state index contributed by atoms with van der Waals surface area (Å²) < 4.78 is 0. The molecule has 0 radical (unpaired) electrons. The zero-order valence-corrected chi connectivity index (χ0v) is 14.4. The van der Waals surface area contributed by atoms with E-state index in [1.54, 1.807) is 0 Å². The topological polar surface area (TPSA) is 60.9 Å². The molecule has 0 spiro atoms. The number of hydrogen-bond acceptors (Lipinski definition) is 3. The van der Waals surface area contributed by atoms with Crippen LogP contribution in [0.1, 0.15) is 58.8 Å². The lowest BCUT2D eigenvalue weighted by atomic mass is 9.97. The highest BCUT2D eigenvalue weighted by molar-refractivity contribution is 5.78. The average Bonchev–Trinajstić information content (AvgIpc) is 2.73. The molecule has 0 aromatic rings. The first-order valence-electron chi connectivity index (χ1n) is 8.70. The molecule has 1 fully saturated rings. The van der Waals surface area contributed by atoms with Crippen LogP contribution in [0, 0.1) is 5.92 Å². The van der Waals surface area contributed by atoms with Crippen molar-refractivity contribution in [1.29, 1.82) is 0 Å². The lowest BCUT2D eigenvalue weighted by Crippen LogP contribution is -2.39. The Bertz CT molecular complexity index is 360. The Hall–Kier alpha value is -1.10. The molecule has 0 aromatic heterocycles. The number of carboxylic acid groups (broad SMARTS) is 1. The summed E-state index contributed by atoms with van der Waals surface area (Å²) >= 11 is 0. The van der Waals surface area contributed by atoms with Gasteiger partial charge in [0.2, 0.25) is 5.91 Å². The van der Waals surface area contributed by atoms with Crippen molar-refractivity contribution in [1.82, 2.24) is 9.80 Å². The second-order valence-electron chi connectivity index (χ2n) is 6.47. The fourth-order valence-electron chi connectivity index (χ4n) is 3.29. The molecule has 1 rings (SSSR count). The van der Waals surface area contributed by atoms with Crippen LogP contribution in [-0.2, 0) is 9.59 Å². The van der Waals surface area contributed by atoms with E-state index in [0.717, 1.165) is 58.0 Å². The first-order chi connectivity index (χ1) is 10.5. The van der Waals surface area contributed by atoms with Gasteiger partial charge in [-0.3, -0.25) is 14.5 Å². The highest BCUT2D eigenvalue weighted by Crippen LogP contribution is 2.21. The van der Waals surface area contributed by atoms with Crippen LogP contribution in [0.15, 0.2) is 0 Å². The summed E-state index contributed by atoms with van der Waals surface area (Å²) in [5.74, 6) is -0.323. The summed E-state index contributed by atoms with van der Waals surface area (Å²) in [7, 11) is 1.87. The molecule has 128 valence electrons. The number of carbonyl (C=O) groups excluding carboxylic acids is 1. The first kappa shape index (κ1) is 18.9. The van der Waals surface area contributed by atoms with Crippen LogP contribution in [0.5, 0.6) is 0 Å². The standard InChI is InChI=1S/C17H32N2O3/c1-4-6-8-14(5-2)17(22)19-11-7-9-15(10-12-19)18(3)13-16(20)21/h14-15H,4-13H2,1-3H3,(H,20,21). The lowest BCUT2D eigenvalue weighted by Gasteiger charge is -2.27. The number of aliphatic carboxylic acids is 1. The van der Waals surface area contributed by atoms with Gasteiger partial charge >= 0.3 is 5.97 Å². The summed E-state index contributed by atoms with van der Waals surface area (Å²) in [6, 6.07) is 0.268. The Labute approximate surface area is 134 Å². The third kappa shape index (κ3) is 5.95. The van der Waals surface area contributed by atoms with Crippen molar-refractivity contribution in [2.75, 3.05) is 26.7 Å². The summed E-state index contributed by atoms with van der Waals surface area (Å²) in [5, 5.41) is 8.91. The number of amides is 1. The van der Waals surface area contributed by atoms with E-state index >= 15 is 0 Å². The molecule has 1 saturated heterocycles. The van der Waals surface area contributed by atoms with Crippen molar-refractivity contribution in [3.05, 3.63) is 0 Å². The lowest BCUT2D eigenvalue weighted by molar-refractivity contribution is -0.139. The van der Waals surface area contributed by atoms with Crippen molar-refractivity contribution < 1.29 is 14.7 Å². The van der Waals surface area contributed by atoms with Crippen LogP contribution in [0.4, 0.5) is 0 Å². The van der Waals surface area contributed by atoms with E-state index in [9.17, 15) is 9.59 Å². The van der Waals surface area contributed by atoms with Crippen LogP contribution < -0.4 is 0 Å². The van der Waals surface area contributed by atoms with Gasteiger partial charge in [-0.05, 0) is 39.2 Å². The summed E-state index contributed by atoms with van der Waals surface area (Å²) in [6.07, 6.45) is 6.96. The van der Waals surface area contributed by atoms with Gasteiger partial charge < -0.3 is 10.0 Å². The van der Waals surface area contributed by atoms with E-state index in [1.807, 2.05) is 16.8 Å². The van der Waals surface area contributed by atoms with Crippen molar-refractivity contribution in [2.45, 2.75) is 64.8 Å². The maximum Gasteiger partial charge on any atom is 0.317 e. The fourth-order valence-corrected chi connectivity index (χ4v) is 3.29. The van der Waals surface area contributed by atoms with Gasteiger partial charge in [0.15, 0.2) is 0 Å². The molecule has 2 unspecified atom stereocenters. The van der Waals surface area contributed by atoms with Crippen LogP contribution in [0.2, 0.25) is 0 Å². The van der Waals surface area contributed by atoms with Gasteiger partial charge in [-0.15, -0.1) is 0 Å². The highest BCUT2D eigenvalue weighted by Gasteiger charge is 2.27. The molecule has 1 aliphatic heterocycles. The maximum absolute atomic E-state index is 12.7. The van der Waals surface area contributed by atoms with Gasteiger partial charge in [-0.25, -0.2) is 0 Å². The molecular weight excluding hydrogens is 280 g/mol. The van der Waals surface area contributed by atoms with Crippen LogP contribution in [0.25, 0.3) is 0 Å². The van der Waals surface area contributed by atoms with Gasteiger partial charge in [0.25, 0.3) is 0 Å². The second kappa shape index (κ2) is 9.82. The smallest absolute Gasteiger partial charge is 0.317 e. The van der Waals surface area contributed by atoms with Crippen LogP contribution in [0.3, 0.4) is 0 Å². The van der Waals surface area contributed by atoms with Crippen LogP contribution in [-0.4, -0.2) is 59.5 Å². The number of nitrogens with zero attached hydrogens (tertiary/aromatic N) is 2. The normalized spacial score (nSPS) is 20.7. The molecular formula is C17H32N2O3. The Morgan fingerprint density at radius 2 is 2.00 bits per heavy atom. The van der Waals surface area contributed by atoms with Gasteiger partial charge in [-0.2, -0.15) is 0 Å². The third-order valence-corrected chi connectivity index (χ3v) is 4.77. The number of hydrogen-bond donors (Lipinski definition) is 1. The highest BCUT2D eigenvalue weighted by atomic mass is 16.4. The van der Waals surface area contributed by atoms with Crippen molar-refractivity contribution in [3.63, 3.8) is 0 Å². The molecule has 1 amide bonds. The molecule has 1 N–H and O–H groups in total. The molecule has 0 saturated carbocycles. The summed E-state index contributed by atoms with van der Waals surface area (Å²) in [5.41, 5.74) is 0. The average molecular weight is 312 g/mol. The second-order valence-corrected chi connectivity index (χ2v) is 6.47. The molecule has 1 heterocycles. The molecule has 0 aromatic carbocycles.